The third-order valence-electron chi connectivity index (χ3n) is 3.40. The predicted octanol–water partition coefficient (Wildman–Crippen LogP) is 2.80. The summed E-state index contributed by atoms with van der Waals surface area (Å²) < 4.78 is 1.91. The van der Waals surface area contributed by atoms with Crippen molar-refractivity contribution >= 4 is 11.6 Å². The Balaban J connectivity index is 2.11. The zero-order valence-electron chi connectivity index (χ0n) is 10.4. The summed E-state index contributed by atoms with van der Waals surface area (Å²) in [5.74, 6) is 1.40. The van der Waals surface area contributed by atoms with Gasteiger partial charge in [-0.1, -0.05) is 18.0 Å². The summed E-state index contributed by atoms with van der Waals surface area (Å²) in [5, 5.41) is 0.597. The van der Waals surface area contributed by atoms with E-state index in [1.807, 2.05) is 17.8 Å². The molecule has 0 N–H and O–H groups in total. The fourth-order valence-corrected chi connectivity index (χ4v) is 2.69. The van der Waals surface area contributed by atoms with Crippen LogP contribution in [-0.4, -0.2) is 19.5 Å². The van der Waals surface area contributed by atoms with Crippen molar-refractivity contribution in [1.82, 2.24) is 19.5 Å². The van der Waals surface area contributed by atoms with Crippen LogP contribution in [0, 0.1) is 0 Å². The molecule has 1 aliphatic carbocycles. The summed E-state index contributed by atoms with van der Waals surface area (Å²) >= 11 is 6.30. The van der Waals surface area contributed by atoms with Gasteiger partial charge in [-0.3, -0.25) is 0 Å². The first-order chi connectivity index (χ1) is 8.75. The average Bonchev–Trinajstić information content (AvgIpc) is 2.63. The second-order valence-electron chi connectivity index (χ2n) is 4.69. The van der Waals surface area contributed by atoms with Gasteiger partial charge in [0, 0.05) is 30.7 Å². The molecule has 94 valence electrons. The van der Waals surface area contributed by atoms with Gasteiger partial charge in [-0.25, -0.2) is 15.0 Å². The number of hydrogen-bond donors (Lipinski definition) is 0. The molecule has 0 fully saturated rings. The summed E-state index contributed by atoms with van der Waals surface area (Å²) in [7, 11) is 1.94. The number of nitrogens with zero attached hydrogens (tertiary/aromatic N) is 4. The lowest BCUT2D eigenvalue weighted by atomic mass is 10.1. The first-order valence-electron chi connectivity index (χ1n) is 6.28. The molecule has 2 aromatic heterocycles. The van der Waals surface area contributed by atoms with Crippen LogP contribution in [0.5, 0.6) is 0 Å². The smallest absolute Gasteiger partial charge is 0.197 e. The highest BCUT2D eigenvalue weighted by molar-refractivity contribution is 6.30. The van der Waals surface area contributed by atoms with Gasteiger partial charge in [-0.15, -0.1) is 0 Å². The van der Waals surface area contributed by atoms with E-state index in [0.29, 0.717) is 11.0 Å². The molecular weight excluding hydrogens is 248 g/mol. The Morgan fingerprint density at radius 1 is 1.17 bits per heavy atom. The Morgan fingerprint density at radius 2 is 2.00 bits per heavy atom. The lowest BCUT2D eigenvalue weighted by Gasteiger charge is -2.09. The number of fused-ring (bicyclic) bond motifs is 1. The lowest BCUT2D eigenvalue weighted by molar-refractivity contribution is 0.708. The summed E-state index contributed by atoms with van der Waals surface area (Å²) in [6.45, 7) is 0. The van der Waals surface area contributed by atoms with E-state index in [0.717, 1.165) is 29.9 Å². The number of rotatable bonds is 1. The minimum Gasteiger partial charge on any atom is -0.331 e. The van der Waals surface area contributed by atoms with Crippen LogP contribution in [0.4, 0.5) is 0 Å². The largest absolute Gasteiger partial charge is 0.331 e. The fraction of sp³-hybridized carbons (Fsp3) is 0.462. The topological polar surface area (TPSA) is 43.6 Å². The van der Waals surface area contributed by atoms with Gasteiger partial charge in [0.05, 0.1) is 0 Å². The SMILES string of the molecule is Cn1ccnc1-c1nc(Cl)c2c(n1)CCCCC2. The Labute approximate surface area is 111 Å². The lowest BCUT2D eigenvalue weighted by Crippen LogP contribution is -2.04. The van der Waals surface area contributed by atoms with E-state index in [1.54, 1.807) is 6.20 Å². The highest BCUT2D eigenvalue weighted by atomic mass is 35.5. The Bertz CT molecular complexity index is 576. The van der Waals surface area contributed by atoms with E-state index >= 15 is 0 Å². The molecule has 0 unspecified atom stereocenters. The number of hydrogen-bond acceptors (Lipinski definition) is 3. The normalized spacial score (nSPS) is 15.2. The zero-order chi connectivity index (χ0) is 12.5. The van der Waals surface area contributed by atoms with Gasteiger partial charge in [0.1, 0.15) is 5.15 Å². The molecule has 5 heteroatoms. The molecule has 3 rings (SSSR count). The zero-order valence-corrected chi connectivity index (χ0v) is 11.1. The summed E-state index contributed by atoms with van der Waals surface area (Å²) in [5.41, 5.74) is 2.23. The molecule has 0 aliphatic heterocycles. The Hall–Kier alpha value is -1.42. The number of imidazole rings is 1. The van der Waals surface area contributed by atoms with Gasteiger partial charge in [0.2, 0.25) is 0 Å². The molecule has 0 amide bonds. The minimum atomic E-state index is 0.597. The van der Waals surface area contributed by atoms with Gasteiger partial charge in [-0.05, 0) is 25.7 Å². The molecule has 4 nitrogen and oxygen atoms in total. The van der Waals surface area contributed by atoms with Crippen molar-refractivity contribution in [3.05, 3.63) is 28.8 Å². The second kappa shape index (κ2) is 4.69. The monoisotopic (exact) mass is 262 g/mol. The first-order valence-corrected chi connectivity index (χ1v) is 6.66. The van der Waals surface area contributed by atoms with Crippen molar-refractivity contribution in [2.45, 2.75) is 32.1 Å². The standard InChI is InChI=1S/C13H15ClN4/c1-18-8-7-15-13(18)12-16-10-6-4-2-3-5-9(10)11(14)17-12/h7-8H,2-6H2,1H3. The Kier molecular flexibility index (Phi) is 3.04. The van der Waals surface area contributed by atoms with Crippen molar-refractivity contribution in [2.75, 3.05) is 0 Å². The maximum atomic E-state index is 6.30. The van der Waals surface area contributed by atoms with E-state index in [9.17, 15) is 0 Å². The van der Waals surface area contributed by atoms with Crippen LogP contribution in [-0.2, 0) is 19.9 Å². The summed E-state index contributed by atoms with van der Waals surface area (Å²) in [4.78, 5) is 13.3. The van der Waals surface area contributed by atoms with Gasteiger partial charge in [0.25, 0.3) is 0 Å². The van der Waals surface area contributed by atoms with Crippen molar-refractivity contribution in [3.8, 4) is 11.6 Å². The molecule has 0 atom stereocenters. The molecule has 18 heavy (non-hydrogen) atoms. The van der Waals surface area contributed by atoms with Crippen LogP contribution in [0.25, 0.3) is 11.6 Å². The predicted molar refractivity (Wildman–Crippen MR) is 70.5 cm³/mol. The van der Waals surface area contributed by atoms with Crippen LogP contribution >= 0.6 is 11.6 Å². The Morgan fingerprint density at radius 3 is 2.78 bits per heavy atom. The molecule has 0 aromatic carbocycles. The molecule has 2 aromatic rings. The minimum absolute atomic E-state index is 0.597. The van der Waals surface area contributed by atoms with Crippen molar-refractivity contribution in [3.63, 3.8) is 0 Å². The van der Waals surface area contributed by atoms with E-state index in [4.69, 9.17) is 11.6 Å². The summed E-state index contributed by atoms with van der Waals surface area (Å²) in [6.07, 6.45) is 9.23. The molecular formula is C13H15ClN4. The van der Waals surface area contributed by atoms with Gasteiger partial charge in [0.15, 0.2) is 11.6 Å². The summed E-state index contributed by atoms with van der Waals surface area (Å²) in [6, 6.07) is 0. The fourth-order valence-electron chi connectivity index (χ4n) is 2.41. The average molecular weight is 263 g/mol. The van der Waals surface area contributed by atoms with Gasteiger partial charge in [-0.2, -0.15) is 0 Å². The highest BCUT2D eigenvalue weighted by Gasteiger charge is 2.17. The van der Waals surface area contributed by atoms with Crippen molar-refractivity contribution in [1.29, 1.82) is 0 Å². The van der Waals surface area contributed by atoms with Crippen molar-refractivity contribution in [2.24, 2.45) is 7.05 Å². The highest BCUT2D eigenvalue weighted by Crippen LogP contribution is 2.26. The number of aryl methyl sites for hydroxylation is 2. The van der Waals surface area contributed by atoms with Crippen LogP contribution in [0.2, 0.25) is 5.15 Å². The molecule has 0 bridgehead atoms. The van der Waals surface area contributed by atoms with Crippen LogP contribution in [0.3, 0.4) is 0 Å². The maximum Gasteiger partial charge on any atom is 0.197 e. The number of halogens is 1. The molecule has 0 radical (unpaired) electrons. The third-order valence-corrected chi connectivity index (χ3v) is 3.72. The van der Waals surface area contributed by atoms with E-state index in [2.05, 4.69) is 15.0 Å². The van der Waals surface area contributed by atoms with E-state index < -0.39 is 0 Å². The van der Waals surface area contributed by atoms with E-state index in [1.165, 1.54) is 19.3 Å². The van der Waals surface area contributed by atoms with Crippen LogP contribution in [0.15, 0.2) is 12.4 Å². The van der Waals surface area contributed by atoms with Crippen LogP contribution in [0.1, 0.15) is 30.5 Å². The quantitative estimate of drug-likeness (QED) is 0.586. The molecule has 0 saturated heterocycles. The molecule has 0 saturated carbocycles. The van der Waals surface area contributed by atoms with E-state index in [-0.39, 0.29) is 0 Å². The number of aromatic nitrogens is 4. The first kappa shape index (κ1) is 11.7. The van der Waals surface area contributed by atoms with Gasteiger partial charge >= 0.3 is 0 Å². The molecule has 2 heterocycles. The second-order valence-corrected chi connectivity index (χ2v) is 5.04. The van der Waals surface area contributed by atoms with Gasteiger partial charge < -0.3 is 4.57 Å². The molecule has 1 aliphatic rings. The third kappa shape index (κ3) is 2.01. The van der Waals surface area contributed by atoms with Crippen LogP contribution < -0.4 is 0 Å². The maximum absolute atomic E-state index is 6.30. The molecule has 0 spiro atoms. The van der Waals surface area contributed by atoms with Crippen molar-refractivity contribution < 1.29 is 0 Å².